The molecule has 2 rings (SSSR count). The van der Waals surface area contributed by atoms with Gasteiger partial charge in [-0.1, -0.05) is 13.8 Å². The third kappa shape index (κ3) is 3.47. The number of rotatable bonds is 5. The minimum Gasteiger partial charge on any atom is -0.342 e. The summed E-state index contributed by atoms with van der Waals surface area (Å²) in [5, 5.41) is 0. The lowest BCUT2D eigenvalue weighted by atomic mass is 9.97. The second-order valence-corrected chi connectivity index (χ2v) is 5.83. The van der Waals surface area contributed by atoms with E-state index in [-0.39, 0.29) is 17.0 Å². The van der Waals surface area contributed by atoms with Gasteiger partial charge in [0.25, 0.3) is 0 Å². The second-order valence-electron chi connectivity index (χ2n) is 5.83. The molecule has 0 spiro atoms. The molecule has 5 heteroatoms. The average molecular weight is 293 g/mol. The molecule has 1 heterocycles. The highest BCUT2D eigenvalue weighted by molar-refractivity contribution is 5.60. The molecule has 1 aromatic heterocycles. The first-order chi connectivity index (χ1) is 9.92. The Morgan fingerprint density at radius 2 is 1.95 bits per heavy atom. The third-order valence-corrected chi connectivity index (χ3v) is 3.56. The SMILES string of the molecule is Cc1cc(F)c(-c2cnc(C(CN)CC(C)C)[nH]2)cc1F. The highest BCUT2D eigenvalue weighted by atomic mass is 19.1. The van der Waals surface area contributed by atoms with E-state index in [1.165, 1.54) is 25.3 Å². The number of nitrogens with two attached hydrogens (primary N) is 1. The zero-order valence-corrected chi connectivity index (χ0v) is 12.6. The molecule has 3 N–H and O–H groups in total. The monoisotopic (exact) mass is 293 g/mol. The van der Waals surface area contributed by atoms with Gasteiger partial charge in [0.15, 0.2) is 0 Å². The molecule has 0 radical (unpaired) electrons. The summed E-state index contributed by atoms with van der Waals surface area (Å²) in [6.45, 7) is 6.23. The number of benzene rings is 1. The van der Waals surface area contributed by atoms with E-state index in [4.69, 9.17) is 5.73 Å². The molecule has 0 saturated carbocycles. The number of imidazole rings is 1. The van der Waals surface area contributed by atoms with E-state index >= 15 is 0 Å². The number of aromatic nitrogens is 2. The zero-order valence-electron chi connectivity index (χ0n) is 12.6. The fourth-order valence-electron chi connectivity index (χ4n) is 2.42. The maximum atomic E-state index is 14.0. The van der Waals surface area contributed by atoms with E-state index in [1.54, 1.807) is 0 Å². The van der Waals surface area contributed by atoms with Crippen molar-refractivity contribution in [1.82, 2.24) is 9.97 Å². The van der Waals surface area contributed by atoms with E-state index in [2.05, 4.69) is 23.8 Å². The van der Waals surface area contributed by atoms with Gasteiger partial charge in [0.1, 0.15) is 17.5 Å². The molecule has 0 saturated heterocycles. The molecule has 2 aromatic rings. The lowest BCUT2D eigenvalue weighted by molar-refractivity contribution is 0.490. The Balaban J connectivity index is 2.33. The van der Waals surface area contributed by atoms with Crippen molar-refractivity contribution in [2.45, 2.75) is 33.1 Å². The minimum absolute atomic E-state index is 0.0945. The molecular weight excluding hydrogens is 272 g/mol. The van der Waals surface area contributed by atoms with Crippen molar-refractivity contribution in [2.75, 3.05) is 6.54 Å². The van der Waals surface area contributed by atoms with Crippen LogP contribution in [0.4, 0.5) is 8.78 Å². The van der Waals surface area contributed by atoms with E-state index in [0.717, 1.165) is 12.2 Å². The van der Waals surface area contributed by atoms with Crippen molar-refractivity contribution >= 4 is 0 Å². The highest BCUT2D eigenvalue weighted by Crippen LogP contribution is 2.27. The fourth-order valence-corrected chi connectivity index (χ4v) is 2.42. The van der Waals surface area contributed by atoms with Crippen LogP contribution in [0.2, 0.25) is 0 Å². The standard InChI is InChI=1S/C16H21F2N3/c1-9(2)4-11(7-19)16-20-8-15(21-16)12-6-13(17)10(3)5-14(12)18/h5-6,8-9,11H,4,7,19H2,1-3H3,(H,20,21). The first kappa shape index (κ1) is 15.6. The number of aromatic amines is 1. The average Bonchev–Trinajstić information content (AvgIpc) is 2.89. The Hall–Kier alpha value is -1.75. The lowest BCUT2D eigenvalue weighted by Crippen LogP contribution is -2.16. The molecule has 114 valence electrons. The Morgan fingerprint density at radius 3 is 2.57 bits per heavy atom. The predicted octanol–water partition coefficient (Wildman–Crippen LogP) is 3.75. The number of hydrogen-bond acceptors (Lipinski definition) is 2. The van der Waals surface area contributed by atoms with Gasteiger partial charge in [0, 0.05) is 18.0 Å². The molecule has 0 aliphatic rings. The molecule has 0 aliphatic heterocycles. The van der Waals surface area contributed by atoms with E-state index in [9.17, 15) is 8.78 Å². The van der Waals surface area contributed by atoms with Crippen molar-refractivity contribution in [3.63, 3.8) is 0 Å². The molecule has 0 amide bonds. The highest BCUT2D eigenvalue weighted by Gasteiger charge is 2.17. The van der Waals surface area contributed by atoms with Crippen LogP contribution in [0.3, 0.4) is 0 Å². The van der Waals surface area contributed by atoms with Crippen LogP contribution in [0.1, 0.15) is 37.6 Å². The minimum atomic E-state index is -0.461. The second kappa shape index (κ2) is 6.35. The smallest absolute Gasteiger partial charge is 0.133 e. The summed E-state index contributed by atoms with van der Waals surface area (Å²) in [4.78, 5) is 7.36. The van der Waals surface area contributed by atoms with Gasteiger partial charge in [0.05, 0.1) is 11.9 Å². The van der Waals surface area contributed by atoms with E-state index in [0.29, 0.717) is 18.2 Å². The van der Waals surface area contributed by atoms with Gasteiger partial charge in [-0.15, -0.1) is 0 Å². The summed E-state index contributed by atoms with van der Waals surface area (Å²) in [6, 6.07) is 2.39. The molecule has 21 heavy (non-hydrogen) atoms. The third-order valence-electron chi connectivity index (χ3n) is 3.56. The molecule has 3 nitrogen and oxygen atoms in total. The zero-order chi connectivity index (χ0) is 15.6. The Kier molecular flexibility index (Phi) is 4.73. The van der Waals surface area contributed by atoms with Gasteiger partial charge < -0.3 is 10.7 Å². The topological polar surface area (TPSA) is 54.7 Å². The normalized spacial score (nSPS) is 12.9. The summed E-state index contributed by atoms with van der Waals surface area (Å²) >= 11 is 0. The van der Waals surface area contributed by atoms with Crippen molar-refractivity contribution < 1.29 is 8.78 Å². The van der Waals surface area contributed by atoms with Gasteiger partial charge >= 0.3 is 0 Å². The van der Waals surface area contributed by atoms with Crippen molar-refractivity contribution in [2.24, 2.45) is 11.7 Å². The maximum absolute atomic E-state index is 14.0. The summed E-state index contributed by atoms with van der Waals surface area (Å²) in [6.07, 6.45) is 2.43. The van der Waals surface area contributed by atoms with Crippen LogP contribution in [-0.2, 0) is 0 Å². The summed E-state index contributed by atoms with van der Waals surface area (Å²) in [5.74, 6) is 0.414. The largest absolute Gasteiger partial charge is 0.342 e. The first-order valence-electron chi connectivity index (χ1n) is 7.13. The molecule has 1 atom stereocenters. The molecule has 0 aliphatic carbocycles. The van der Waals surface area contributed by atoms with Gasteiger partial charge in [-0.3, -0.25) is 0 Å². The summed E-state index contributed by atoms with van der Waals surface area (Å²) in [5.41, 5.74) is 6.74. The quantitative estimate of drug-likeness (QED) is 0.882. The van der Waals surface area contributed by atoms with Crippen LogP contribution < -0.4 is 5.73 Å². The van der Waals surface area contributed by atoms with E-state index in [1.807, 2.05) is 0 Å². The number of H-pyrrole nitrogens is 1. The van der Waals surface area contributed by atoms with Gasteiger partial charge in [-0.05, 0) is 37.0 Å². The number of nitrogens with zero attached hydrogens (tertiary/aromatic N) is 1. The van der Waals surface area contributed by atoms with Crippen LogP contribution in [0.25, 0.3) is 11.3 Å². The van der Waals surface area contributed by atoms with Crippen LogP contribution in [0, 0.1) is 24.5 Å². The van der Waals surface area contributed by atoms with E-state index < -0.39 is 11.6 Å². The number of halogens is 2. The number of aryl methyl sites for hydroxylation is 1. The van der Waals surface area contributed by atoms with Crippen molar-refractivity contribution in [3.05, 3.63) is 41.4 Å². The Labute approximate surface area is 123 Å². The van der Waals surface area contributed by atoms with Crippen molar-refractivity contribution in [1.29, 1.82) is 0 Å². The van der Waals surface area contributed by atoms with Gasteiger partial charge in [-0.2, -0.15) is 0 Å². The summed E-state index contributed by atoms with van der Waals surface area (Å²) < 4.78 is 27.6. The van der Waals surface area contributed by atoms with Crippen LogP contribution in [0.5, 0.6) is 0 Å². The lowest BCUT2D eigenvalue weighted by Gasteiger charge is -2.14. The Morgan fingerprint density at radius 1 is 1.24 bits per heavy atom. The molecular formula is C16H21F2N3. The molecule has 1 unspecified atom stereocenters. The van der Waals surface area contributed by atoms with Crippen LogP contribution in [-0.4, -0.2) is 16.5 Å². The number of hydrogen-bond donors (Lipinski definition) is 2. The first-order valence-corrected chi connectivity index (χ1v) is 7.13. The Bertz CT molecular complexity index is 620. The molecule has 0 bridgehead atoms. The predicted molar refractivity (Wildman–Crippen MR) is 79.9 cm³/mol. The van der Waals surface area contributed by atoms with Crippen LogP contribution in [0.15, 0.2) is 18.3 Å². The van der Waals surface area contributed by atoms with Crippen molar-refractivity contribution in [3.8, 4) is 11.3 Å². The van der Waals surface area contributed by atoms with Gasteiger partial charge in [-0.25, -0.2) is 13.8 Å². The molecule has 1 aromatic carbocycles. The fraction of sp³-hybridized carbons (Fsp3) is 0.438. The maximum Gasteiger partial charge on any atom is 0.133 e. The van der Waals surface area contributed by atoms with Crippen LogP contribution >= 0.6 is 0 Å². The van der Waals surface area contributed by atoms with Gasteiger partial charge in [0.2, 0.25) is 0 Å². The number of nitrogens with one attached hydrogen (secondary N) is 1. The molecule has 0 fully saturated rings. The summed E-state index contributed by atoms with van der Waals surface area (Å²) in [7, 11) is 0.